The normalized spacial score (nSPS) is 10.4. The largest absolute Gasteiger partial charge is 0.619 e. The van der Waals surface area contributed by atoms with Crippen LogP contribution in [0.2, 0.25) is 0 Å². The molecule has 0 aliphatic heterocycles. The molecule has 8 heteroatoms. The summed E-state index contributed by atoms with van der Waals surface area (Å²) in [5.74, 6) is 0.289. The van der Waals surface area contributed by atoms with Crippen LogP contribution in [-0.4, -0.2) is 14.9 Å². The smallest absolute Gasteiger partial charge is 0.271 e. The van der Waals surface area contributed by atoms with Crippen LogP contribution in [0.1, 0.15) is 5.56 Å². The first kappa shape index (κ1) is 15.3. The van der Waals surface area contributed by atoms with E-state index in [9.17, 15) is 15.3 Å². The Kier molecular flexibility index (Phi) is 4.02. The lowest BCUT2D eigenvalue weighted by Crippen LogP contribution is -2.24. The van der Waals surface area contributed by atoms with Crippen LogP contribution in [-0.2, 0) is 0 Å². The zero-order valence-corrected chi connectivity index (χ0v) is 12.7. The number of aryl methyl sites for hydroxylation is 1. The number of nitrogens with one attached hydrogen (secondary N) is 1. The molecular formula is C16H13N5O3. The number of pyridine rings is 1. The van der Waals surface area contributed by atoms with Gasteiger partial charge in [-0.05, 0) is 24.6 Å². The minimum atomic E-state index is -0.459. The Morgan fingerprint density at radius 2 is 2.08 bits per heavy atom. The molecule has 2 aromatic heterocycles. The third-order valence-corrected chi connectivity index (χ3v) is 3.40. The molecule has 0 spiro atoms. The molecule has 3 rings (SSSR count). The van der Waals surface area contributed by atoms with Crippen molar-refractivity contribution in [3.8, 4) is 11.3 Å². The molecule has 0 fully saturated rings. The van der Waals surface area contributed by atoms with Crippen LogP contribution in [0.25, 0.3) is 11.3 Å². The summed E-state index contributed by atoms with van der Waals surface area (Å²) in [5.41, 5.74) is 2.57. The van der Waals surface area contributed by atoms with Crippen LogP contribution in [0, 0.1) is 22.2 Å². The van der Waals surface area contributed by atoms with E-state index >= 15 is 0 Å². The van der Waals surface area contributed by atoms with Crippen molar-refractivity contribution in [2.45, 2.75) is 6.92 Å². The number of non-ortho nitro benzene ring substituents is 1. The van der Waals surface area contributed by atoms with Gasteiger partial charge in [-0.1, -0.05) is 6.07 Å². The summed E-state index contributed by atoms with van der Waals surface area (Å²) in [5, 5.41) is 25.3. The van der Waals surface area contributed by atoms with Gasteiger partial charge in [0.2, 0.25) is 5.95 Å². The second kappa shape index (κ2) is 6.29. The van der Waals surface area contributed by atoms with Gasteiger partial charge < -0.3 is 10.5 Å². The molecule has 0 atom stereocenters. The fourth-order valence-electron chi connectivity index (χ4n) is 2.16. The Bertz CT molecular complexity index is 914. The predicted molar refractivity (Wildman–Crippen MR) is 87.5 cm³/mol. The number of anilines is 2. The molecule has 0 aliphatic rings. The van der Waals surface area contributed by atoms with Gasteiger partial charge in [0, 0.05) is 24.4 Å². The Balaban J connectivity index is 1.93. The van der Waals surface area contributed by atoms with Crippen LogP contribution in [0.15, 0.2) is 55.0 Å². The van der Waals surface area contributed by atoms with E-state index in [4.69, 9.17) is 0 Å². The summed E-state index contributed by atoms with van der Waals surface area (Å²) >= 11 is 0. The molecule has 0 saturated heterocycles. The van der Waals surface area contributed by atoms with Gasteiger partial charge in [-0.2, -0.15) is 4.73 Å². The molecular weight excluding hydrogens is 310 g/mol. The quantitative estimate of drug-likeness (QED) is 0.342. The lowest BCUT2D eigenvalue weighted by Gasteiger charge is -2.09. The highest BCUT2D eigenvalue weighted by molar-refractivity contribution is 5.64. The van der Waals surface area contributed by atoms with Gasteiger partial charge in [0.1, 0.15) is 0 Å². The van der Waals surface area contributed by atoms with E-state index in [2.05, 4.69) is 15.3 Å². The van der Waals surface area contributed by atoms with E-state index in [-0.39, 0.29) is 11.6 Å². The molecule has 8 nitrogen and oxygen atoms in total. The van der Waals surface area contributed by atoms with Crippen LogP contribution in [0.4, 0.5) is 17.3 Å². The Morgan fingerprint density at radius 1 is 1.25 bits per heavy atom. The van der Waals surface area contributed by atoms with Gasteiger partial charge >= 0.3 is 0 Å². The number of hydrogen-bond acceptors (Lipinski definition) is 6. The standard InChI is InChI=1S/C16H13N5O3/c1-11-4-5-13(21(23)24)9-15(11)19-16-17-7-6-14(18-16)12-3-2-8-20(22)10-12/h2-10H,1H3,(H,17,18,19). The van der Waals surface area contributed by atoms with Crippen molar-refractivity contribution >= 4 is 17.3 Å². The number of nitro groups is 1. The maximum absolute atomic E-state index is 11.4. The summed E-state index contributed by atoms with van der Waals surface area (Å²) in [6.45, 7) is 1.83. The molecule has 3 aromatic rings. The number of hydrogen-bond donors (Lipinski definition) is 1. The molecule has 0 aliphatic carbocycles. The van der Waals surface area contributed by atoms with E-state index in [0.717, 1.165) is 5.56 Å². The minimum absolute atomic E-state index is 0.0188. The molecule has 1 N–H and O–H groups in total. The number of benzene rings is 1. The zero-order chi connectivity index (χ0) is 17.1. The molecule has 120 valence electrons. The fourth-order valence-corrected chi connectivity index (χ4v) is 2.16. The first-order valence-corrected chi connectivity index (χ1v) is 7.07. The first-order chi connectivity index (χ1) is 11.5. The zero-order valence-electron chi connectivity index (χ0n) is 12.7. The topological polar surface area (TPSA) is 108 Å². The summed E-state index contributed by atoms with van der Waals surface area (Å²) < 4.78 is 0.690. The highest BCUT2D eigenvalue weighted by atomic mass is 16.6. The van der Waals surface area contributed by atoms with Crippen molar-refractivity contribution in [3.63, 3.8) is 0 Å². The molecule has 0 unspecified atom stereocenters. The van der Waals surface area contributed by atoms with Gasteiger partial charge in [0.15, 0.2) is 12.4 Å². The Hall–Kier alpha value is -3.55. The number of rotatable bonds is 4. The van der Waals surface area contributed by atoms with Crippen LogP contribution >= 0.6 is 0 Å². The SMILES string of the molecule is Cc1ccc([N+](=O)[O-])cc1Nc1nccc(-c2ccc[n+]([O-])c2)n1. The maximum atomic E-state index is 11.4. The van der Waals surface area contributed by atoms with E-state index in [1.54, 1.807) is 30.5 Å². The summed E-state index contributed by atoms with van der Waals surface area (Å²) in [6, 6.07) is 9.60. The van der Waals surface area contributed by atoms with Gasteiger partial charge in [-0.3, -0.25) is 10.1 Å². The van der Waals surface area contributed by atoms with Crippen molar-refractivity contribution in [1.82, 2.24) is 9.97 Å². The first-order valence-electron chi connectivity index (χ1n) is 7.07. The van der Waals surface area contributed by atoms with Crippen molar-refractivity contribution in [3.05, 3.63) is 75.9 Å². The molecule has 0 radical (unpaired) electrons. The van der Waals surface area contributed by atoms with E-state index in [1.807, 2.05) is 6.92 Å². The third kappa shape index (κ3) is 3.27. The molecule has 2 heterocycles. The van der Waals surface area contributed by atoms with E-state index in [1.165, 1.54) is 24.5 Å². The highest BCUT2D eigenvalue weighted by Gasteiger charge is 2.11. The van der Waals surface area contributed by atoms with E-state index in [0.29, 0.717) is 21.7 Å². The van der Waals surface area contributed by atoms with Crippen LogP contribution in [0.5, 0.6) is 0 Å². The predicted octanol–water partition coefficient (Wildman–Crippen LogP) is 2.74. The lowest BCUT2D eigenvalue weighted by atomic mass is 10.2. The molecule has 0 bridgehead atoms. The molecule has 0 saturated carbocycles. The third-order valence-electron chi connectivity index (χ3n) is 3.40. The average molecular weight is 323 g/mol. The Morgan fingerprint density at radius 3 is 2.83 bits per heavy atom. The second-order valence-corrected chi connectivity index (χ2v) is 5.10. The lowest BCUT2D eigenvalue weighted by molar-refractivity contribution is -0.604. The van der Waals surface area contributed by atoms with Crippen molar-refractivity contribution < 1.29 is 9.65 Å². The van der Waals surface area contributed by atoms with Crippen LogP contribution in [0.3, 0.4) is 0 Å². The summed E-state index contributed by atoms with van der Waals surface area (Å²) in [7, 11) is 0. The molecule has 1 aromatic carbocycles. The van der Waals surface area contributed by atoms with Gasteiger partial charge in [-0.15, -0.1) is 0 Å². The average Bonchev–Trinajstić information content (AvgIpc) is 2.57. The van der Waals surface area contributed by atoms with E-state index < -0.39 is 4.92 Å². The van der Waals surface area contributed by atoms with Gasteiger partial charge in [-0.25, -0.2) is 9.97 Å². The molecule has 24 heavy (non-hydrogen) atoms. The number of aromatic nitrogens is 3. The minimum Gasteiger partial charge on any atom is -0.619 e. The Labute approximate surface area is 137 Å². The van der Waals surface area contributed by atoms with Gasteiger partial charge in [0.05, 0.1) is 21.9 Å². The summed E-state index contributed by atoms with van der Waals surface area (Å²) in [4.78, 5) is 18.9. The van der Waals surface area contributed by atoms with Crippen molar-refractivity contribution in [1.29, 1.82) is 0 Å². The number of nitrogens with zero attached hydrogens (tertiary/aromatic N) is 4. The van der Waals surface area contributed by atoms with Crippen molar-refractivity contribution in [2.24, 2.45) is 0 Å². The fraction of sp³-hybridized carbons (Fsp3) is 0.0625. The second-order valence-electron chi connectivity index (χ2n) is 5.10. The van der Waals surface area contributed by atoms with Gasteiger partial charge in [0.25, 0.3) is 5.69 Å². The van der Waals surface area contributed by atoms with Crippen LogP contribution < -0.4 is 10.0 Å². The van der Waals surface area contributed by atoms with Crippen molar-refractivity contribution in [2.75, 3.05) is 5.32 Å². The maximum Gasteiger partial charge on any atom is 0.271 e. The summed E-state index contributed by atoms with van der Waals surface area (Å²) in [6.07, 6.45) is 4.35. The number of nitro benzene ring substituents is 1. The molecule has 0 amide bonds. The highest BCUT2D eigenvalue weighted by Crippen LogP contribution is 2.24. The monoisotopic (exact) mass is 323 g/mol.